The quantitative estimate of drug-likeness (QED) is 0.774. The average Bonchev–Trinajstić information content (AvgIpc) is 2.61. The first-order valence-corrected chi connectivity index (χ1v) is 9.13. The summed E-state index contributed by atoms with van der Waals surface area (Å²) in [5.74, 6) is 0.547. The van der Waals surface area contributed by atoms with Crippen LogP contribution in [-0.2, 0) is 4.79 Å². The third-order valence-corrected chi connectivity index (χ3v) is 4.35. The molecule has 6 heteroatoms. The fraction of sp³-hybridized carbons (Fsp3) is 0.364. The summed E-state index contributed by atoms with van der Waals surface area (Å²) in [4.78, 5) is 28.5. The Bertz CT molecular complexity index is 793. The summed E-state index contributed by atoms with van der Waals surface area (Å²) in [6.45, 7) is 9.54. The molecule has 0 saturated carbocycles. The minimum Gasteiger partial charge on any atom is -0.497 e. The van der Waals surface area contributed by atoms with Crippen molar-refractivity contribution in [3.8, 4) is 5.75 Å². The van der Waals surface area contributed by atoms with Crippen LogP contribution in [0.2, 0.25) is 0 Å². The highest BCUT2D eigenvalue weighted by molar-refractivity contribution is 6.00. The number of carbonyl (C=O) groups excluding carboxylic acids is 2. The zero-order valence-corrected chi connectivity index (χ0v) is 17.6. The molecule has 0 saturated heterocycles. The number of amides is 2. The summed E-state index contributed by atoms with van der Waals surface area (Å²) in [5, 5.41) is 0. The summed E-state index contributed by atoms with van der Waals surface area (Å²) < 4.78 is 5.25. The molecule has 152 valence electrons. The molecule has 2 rings (SSSR count). The summed E-state index contributed by atoms with van der Waals surface area (Å²) in [7, 11) is 1.59. The van der Waals surface area contributed by atoms with Crippen molar-refractivity contribution in [3.05, 3.63) is 54.1 Å². The highest BCUT2D eigenvalue weighted by Crippen LogP contribution is 2.29. The lowest BCUT2D eigenvalue weighted by Crippen LogP contribution is -2.42. The summed E-state index contributed by atoms with van der Waals surface area (Å²) >= 11 is 0. The van der Waals surface area contributed by atoms with Gasteiger partial charge in [-0.2, -0.15) is 0 Å². The molecule has 0 fully saturated rings. The van der Waals surface area contributed by atoms with Crippen LogP contribution in [0.25, 0.3) is 0 Å². The lowest BCUT2D eigenvalue weighted by atomic mass is 10.1. The molecule has 0 heterocycles. The molecule has 0 radical (unpaired) electrons. The second kappa shape index (κ2) is 9.90. The van der Waals surface area contributed by atoms with Crippen molar-refractivity contribution in [2.45, 2.75) is 46.7 Å². The molecule has 0 spiro atoms. The van der Waals surface area contributed by atoms with E-state index in [9.17, 15) is 9.59 Å². The molecule has 2 aromatic rings. The van der Waals surface area contributed by atoms with Crippen molar-refractivity contribution < 1.29 is 14.3 Å². The number of anilines is 2. The summed E-state index contributed by atoms with van der Waals surface area (Å²) in [6.07, 6.45) is 0. The van der Waals surface area contributed by atoms with Gasteiger partial charge in [0, 0.05) is 36.3 Å². The topological polar surface area (TPSA) is 84.8 Å². The maximum absolute atomic E-state index is 12.8. The normalized spacial score (nSPS) is 10.4. The summed E-state index contributed by atoms with van der Waals surface area (Å²) in [6, 6.07) is 14.7. The lowest BCUT2D eigenvalue weighted by Gasteiger charge is -2.31. The van der Waals surface area contributed by atoms with Gasteiger partial charge in [-0.3, -0.25) is 14.5 Å². The van der Waals surface area contributed by atoms with Crippen molar-refractivity contribution in [1.82, 2.24) is 11.1 Å². The first-order chi connectivity index (χ1) is 12.8. The van der Waals surface area contributed by atoms with E-state index >= 15 is 0 Å². The third-order valence-electron chi connectivity index (χ3n) is 4.35. The van der Waals surface area contributed by atoms with Crippen molar-refractivity contribution in [3.63, 3.8) is 0 Å². The van der Waals surface area contributed by atoms with Crippen LogP contribution in [0, 0.1) is 0 Å². The largest absolute Gasteiger partial charge is 0.497 e. The number of rotatable bonds is 6. The van der Waals surface area contributed by atoms with Gasteiger partial charge in [-0.05, 0) is 64.1 Å². The van der Waals surface area contributed by atoms with E-state index in [-0.39, 0.29) is 30.0 Å². The van der Waals surface area contributed by atoms with Crippen molar-refractivity contribution in [1.29, 1.82) is 0 Å². The van der Waals surface area contributed by atoms with E-state index in [2.05, 4.69) is 0 Å². The Morgan fingerprint density at radius 1 is 0.893 bits per heavy atom. The Morgan fingerprint density at radius 2 is 1.46 bits per heavy atom. The molecule has 0 aromatic heterocycles. The molecule has 3 N–H and O–H groups in total. The molecule has 0 unspecified atom stereocenters. The van der Waals surface area contributed by atoms with Crippen LogP contribution in [-0.4, -0.2) is 35.9 Å². The van der Waals surface area contributed by atoms with Gasteiger partial charge >= 0.3 is 0 Å². The van der Waals surface area contributed by atoms with E-state index in [4.69, 9.17) is 4.74 Å². The van der Waals surface area contributed by atoms with Crippen LogP contribution in [0.5, 0.6) is 5.75 Å². The van der Waals surface area contributed by atoms with Gasteiger partial charge in [0.1, 0.15) is 5.75 Å². The molecule has 0 atom stereocenters. The summed E-state index contributed by atoms with van der Waals surface area (Å²) in [5.41, 5.74) is 2.02. The van der Waals surface area contributed by atoms with Gasteiger partial charge in [-0.1, -0.05) is 6.07 Å². The SMILES string of the molecule is COc1cccc(N(C(C)=O)c2ccc(C(=O)N(C(C)C)C(C)C)cc2)c1.N. The Hall–Kier alpha value is -2.86. The van der Waals surface area contributed by atoms with Crippen LogP contribution >= 0.6 is 0 Å². The van der Waals surface area contributed by atoms with Crippen LogP contribution in [0.4, 0.5) is 11.4 Å². The zero-order valence-electron chi connectivity index (χ0n) is 17.6. The van der Waals surface area contributed by atoms with Crippen LogP contribution in [0.15, 0.2) is 48.5 Å². The average molecular weight is 386 g/mol. The standard InChI is InChI=1S/C22H28N2O3.H3N/c1-15(2)23(16(3)4)22(26)18-10-12-19(13-11-18)24(17(5)25)20-8-7-9-21(14-20)27-6;/h7-16H,1-6H3;1H3. The number of hydrogen-bond donors (Lipinski definition) is 1. The predicted molar refractivity (Wildman–Crippen MR) is 114 cm³/mol. The van der Waals surface area contributed by atoms with Gasteiger partial charge in [0.05, 0.1) is 12.8 Å². The lowest BCUT2D eigenvalue weighted by molar-refractivity contribution is -0.115. The van der Waals surface area contributed by atoms with Gasteiger partial charge in [-0.15, -0.1) is 0 Å². The fourth-order valence-electron chi connectivity index (χ4n) is 3.23. The highest BCUT2D eigenvalue weighted by Gasteiger charge is 2.22. The Kier molecular flexibility index (Phi) is 8.19. The Morgan fingerprint density at radius 3 is 1.93 bits per heavy atom. The minimum absolute atomic E-state index is 0. The molecular formula is C22H31N3O3. The highest BCUT2D eigenvalue weighted by atomic mass is 16.5. The van der Waals surface area contributed by atoms with Crippen LogP contribution < -0.4 is 15.8 Å². The number of methoxy groups -OCH3 is 1. The molecular weight excluding hydrogens is 354 g/mol. The first kappa shape index (κ1) is 23.2. The van der Waals surface area contributed by atoms with E-state index < -0.39 is 0 Å². The molecule has 0 aliphatic rings. The number of nitrogens with zero attached hydrogens (tertiary/aromatic N) is 2. The minimum atomic E-state index is -0.117. The number of benzene rings is 2. The number of carbonyl (C=O) groups is 2. The Balaban J connectivity index is 0.00000392. The van der Waals surface area contributed by atoms with Gasteiger partial charge in [-0.25, -0.2) is 0 Å². The molecule has 6 nitrogen and oxygen atoms in total. The van der Waals surface area contributed by atoms with Gasteiger partial charge < -0.3 is 15.8 Å². The van der Waals surface area contributed by atoms with Crippen molar-refractivity contribution in [2.24, 2.45) is 0 Å². The predicted octanol–water partition coefficient (Wildman–Crippen LogP) is 4.80. The second-order valence-corrected chi connectivity index (χ2v) is 7.00. The molecule has 2 amide bonds. The zero-order chi connectivity index (χ0) is 20.1. The third kappa shape index (κ3) is 5.10. The fourth-order valence-corrected chi connectivity index (χ4v) is 3.23. The van der Waals surface area contributed by atoms with Crippen LogP contribution in [0.1, 0.15) is 45.0 Å². The first-order valence-electron chi connectivity index (χ1n) is 9.13. The van der Waals surface area contributed by atoms with E-state index in [0.29, 0.717) is 22.7 Å². The van der Waals surface area contributed by atoms with E-state index in [1.54, 1.807) is 42.3 Å². The van der Waals surface area contributed by atoms with E-state index in [1.165, 1.54) is 6.92 Å². The second-order valence-electron chi connectivity index (χ2n) is 7.00. The van der Waals surface area contributed by atoms with E-state index in [1.807, 2.05) is 50.8 Å². The van der Waals surface area contributed by atoms with Crippen LogP contribution in [0.3, 0.4) is 0 Å². The van der Waals surface area contributed by atoms with Gasteiger partial charge in [0.15, 0.2) is 0 Å². The molecule has 28 heavy (non-hydrogen) atoms. The molecule has 0 aliphatic heterocycles. The maximum Gasteiger partial charge on any atom is 0.254 e. The molecule has 0 aliphatic carbocycles. The number of ether oxygens (including phenoxy) is 1. The Labute approximate surface area is 167 Å². The monoisotopic (exact) mass is 385 g/mol. The molecule has 0 bridgehead atoms. The van der Waals surface area contributed by atoms with Crippen molar-refractivity contribution >= 4 is 23.2 Å². The van der Waals surface area contributed by atoms with E-state index in [0.717, 1.165) is 0 Å². The maximum atomic E-state index is 12.8. The van der Waals surface area contributed by atoms with Gasteiger partial charge in [0.2, 0.25) is 5.91 Å². The smallest absolute Gasteiger partial charge is 0.254 e. The number of hydrogen-bond acceptors (Lipinski definition) is 4. The molecule has 2 aromatic carbocycles. The van der Waals surface area contributed by atoms with Crippen molar-refractivity contribution in [2.75, 3.05) is 12.0 Å². The van der Waals surface area contributed by atoms with Gasteiger partial charge in [0.25, 0.3) is 5.91 Å².